The standard InChI is InChI=1S/C76H190O19Si19/c1-39-96(40-2)77-97(41-3,42-4)79-99(45-7,46-8)81-101(49-11,50-12)83-103(53-15,54-16)85-105(57-19,58-20)87-107(61-23,62-24)89-109(65-27,66-28)91-111(69-31,70-32)93-113(73-35,74-36)95-114(75-37,76-38)94-112(71-33,72-34)92-110(67-29,68-30)90-108(63-25,64-26)88-106(59-21,60-22)86-104(55-17,56-18)84-102(51-13,52-14)82-100(47-9,48-10)80-98(43-5,44-6)78-96/h39-76H2,1-38H3. The van der Waals surface area contributed by atoms with Gasteiger partial charge in [0, 0.05) is 0 Å². The minimum Gasteiger partial charge on any atom is -0.415 e. The van der Waals surface area contributed by atoms with Gasteiger partial charge in [0.15, 0.2) is 0 Å². The van der Waals surface area contributed by atoms with Gasteiger partial charge in [-0.15, -0.1) is 0 Å². The van der Waals surface area contributed by atoms with Crippen LogP contribution in [0.5, 0.6) is 0 Å². The molecule has 0 aromatic heterocycles. The fourth-order valence-corrected chi connectivity index (χ4v) is 132. The molecule has 0 spiro atoms. The summed E-state index contributed by atoms with van der Waals surface area (Å²) in [6.07, 6.45) is 0. The predicted octanol–water partition coefficient (Wildman–Crippen LogP) is 28.5. The highest BCUT2D eigenvalue weighted by molar-refractivity contribution is 6.99. The van der Waals surface area contributed by atoms with Crippen LogP contribution in [-0.2, 0) is 78.2 Å². The Bertz CT molecular complexity index is 1760. The molecule has 114 heavy (non-hydrogen) atoms. The molecule has 1 aliphatic rings. The van der Waals surface area contributed by atoms with Gasteiger partial charge >= 0.3 is 163 Å². The molecular formula is C76H190O19Si19. The fraction of sp³-hybridized carbons (Fsp3) is 1.00. The zero-order valence-electron chi connectivity index (χ0n) is 82.1. The van der Waals surface area contributed by atoms with E-state index < -0.39 is 163 Å². The molecule has 1 heterocycles. The Morgan fingerprint density at radius 2 is 0.0965 bits per heavy atom. The number of hydrogen-bond acceptors (Lipinski definition) is 19. The lowest BCUT2D eigenvalue weighted by Gasteiger charge is -2.52. The molecule has 0 N–H and O–H groups in total. The van der Waals surface area contributed by atoms with Gasteiger partial charge in [0.1, 0.15) is 0 Å². The minimum atomic E-state index is -3.13. The minimum absolute atomic E-state index is 0.773. The van der Waals surface area contributed by atoms with Gasteiger partial charge in [0.05, 0.1) is 0 Å². The second-order valence-corrected chi connectivity index (χ2v) is 110. The molecule has 0 radical (unpaired) electrons. The normalized spacial score (nSPS) is 25.0. The Labute approximate surface area is 727 Å². The van der Waals surface area contributed by atoms with E-state index in [2.05, 4.69) is 263 Å². The highest BCUT2D eigenvalue weighted by atomic mass is 28.6. The predicted molar refractivity (Wildman–Crippen MR) is 528 cm³/mol. The number of hydrogen-bond donors (Lipinski definition) is 0. The van der Waals surface area contributed by atoms with Gasteiger partial charge in [-0.25, -0.2) is 0 Å². The lowest BCUT2D eigenvalue weighted by atomic mass is 10.9. The van der Waals surface area contributed by atoms with Gasteiger partial charge in [-0.3, -0.25) is 0 Å². The van der Waals surface area contributed by atoms with Crippen molar-refractivity contribution in [2.24, 2.45) is 0 Å². The van der Waals surface area contributed by atoms with Crippen LogP contribution >= 0.6 is 0 Å². The summed E-state index contributed by atoms with van der Waals surface area (Å²) in [7, 11) is -59.5. The summed E-state index contributed by atoms with van der Waals surface area (Å²) >= 11 is 0. The van der Waals surface area contributed by atoms with Crippen molar-refractivity contribution >= 4 is 163 Å². The average Bonchev–Trinajstić information content (AvgIpc) is 0.764. The Balaban J connectivity index is 5.14. The number of rotatable bonds is 38. The van der Waals surface area contributed by atoms with Crippen LogP contribution in [-0.4, -0.2) is 163 Å². The van der Waals surface area contributed by atoms with Crippen LogP contribution in [0.1, 0.15) is 263 Å². The summed E-state index contributed by atoms with van der Waals surface area (Å²) in [5.74, 6) is 0. The Hall–Kier alpha value is 3.36. The second-order valence-electron chi connectivity index (χ2n) is 32.7. The van der Waals surface area contributed by atoms with Crippen LogP contribution in [0.15, 0.2) is 0 Å². The third kappa shape index (κ3) is 28.2. The van der Waals surface area contributed by atoms with Gasteiger partial charge in [-0.1, -0.05) is 263 Å². The molecule has 0 atom stereocenters. The molecule has 0 aromatic rings. The quantitative estimate of drug-likeness (QED) is 0.0533. The molecule has 1 rings (SSSR count). The summed E-state index contributed by atoms with van der Waals surface area (Å²) in [6.45, 7) is 87.4. The summed E-state index contributed by atoms with van der Waals surface area (Å²) in [5, 5.41) is 0. The topological polar surface area (TPSA) is 175 Å². The molecule has 1 saturated heterocycles. The monoisotopic (exact) mass is 1940 g/mol. The van der Waals surface area contributed by atoms with E-state index in [0.29, 0.717) is 0 Å². The van der Waals surface area contributed by atoms with E-state index in [1.54, 1.807) is 0 Å². The van der Waals surface area contributed by atoms with E-state index in [4.69, 9.17) is 78.2 Å². The molecule has 0 bridgehead atoms. The van der Waals surface area contributed by atoms with Crippen molar-refractivity contribution in [2.75, 3.05) is 0 Å². The van der Waals surface area contributed by atoms with E-state index in [9.17, 15) is 0 Å². The van der Waals surface area contributed by atoms with E-state index in [1.165, 1.54) is 0 Å². The molecule has 0 unspecified atom stereocenters. The van der Waals surface area contributed by atoms with Crippen molar-refractivity contribution in [3.05, 3.63) is 0 Å². The van der Waals surface area contributed by atoms with Crippen molar-refractivity contribution in [2.45, 2.75) is 493 Å². The van der Waals surface area contributed by atoms with Gasteiger partial charge in [0.25, 0.3) is 0 Å². The molecular weight excluding hydrogens is 1750 g/mol. The average molecular weight is 1940 g/mol. The van der Waals surface area contributed by atoms with Crippen molar-refractivity contribution in [3.8, 4) is 0 Å². The van der Waals surface area contributed by atoms with Gasteiger partial charge < -0.3 is 78.2 Å². The fourth-order valence-electron chi connectivity index (χ4n) is 17.1. The van der Waals surface area contributed by atoms with Crippen LogP contribution in [0.25, 0.3) is 0 Å². The first-order valence-corrected chi connectivity index (χ1v) is 90.4. The van der Waals surface area contributed by atoms with Crippen LogP contribution in [0.3, 0.4) is 0 Å². The molecule has 0 aliphatic carbocycles. The zero-order valence-corrected chi connectivity index (χ0v) is 101. The summed E-state index contributed by atoms with van der Waals surface area (Å²) in [6, 6.07) is 29.4. The summed E-state index contributed by atoms with van der Waals surface area (Å²) in [5.41, 5.74) is 0. The summed E-state index contributed by atoms with van der Waals surface area (Å²) < 4.78 is 155. The zero-order chi connectivity index (χ0) is 87.8. The van der Waals surface area contributed by atoms with Gasteiger partial charge in [0.2, 0.25) is 0 Å². The molecule has 38 heteroatoms. The third-order valence-electron chi connectivity index (χ3n) is 27.5. The summed E-state index contributed by atoms with van der Waals surface area (Å²) in [4.78, 5) is 0. The van der Waals surface area contributed by atoms with Gasteiger partial charge in [-0.2, -0.15) is 0 Å². The van der Waals surface area contributed by atoms with Crippen LogP contribution < -0.4 is 0 Å². The van der Waals surface area contributed by atoms with Crippen molar-refractivity contribution in [3.63, 3.8) is 0 Å². The van der Waals surface area contributed by atoms with Gasteiger partial charge in [-0.05, 0) is 230 Å². The first-order valence-electron chi connectivity index (χ1n) is 48.1. The lowest BCUT2D eigenvalue weighted by Crippen LogP contribution is -2.69. The molecule has 19 nitrogen and oxygen atoms in total. The highest BCUT2D eigenvalue weighted by Crippen LogP contribution is 2.49. The smallest absolute Gasteiger partial charge is 0.320 e. The largest absolute Gasteiger partial charge is 0.415 e. The Morgan fingerprint density at radius 1 is 0.0702 bits per heavy atom. The van der Waals surface area contributed by atoms with Crippen LogP contribution in [0, 0.1) is 0 Å². The maximum Gasteiger partial charge on any atom is 0.320 e. The highest BCUT2D eigenvalue weighted by Gasteiger charge is 2.65. The maximum absolute atomic E-state index is 8.18. The second kappa shape index (κ2) is 50.9. The molecule has 0 amide bonds. The molecule has 0 aromatic carbocycles. The molecule has 0 saturated carbocycles. The van der Waals surface area contributed by atoms with Crippen LogP contribution in [0.4, 0.5) is 0 Å². The molecule has 1 fully saturated rings. The Kier molecular flexibility index (Phi) is 51.5. The maximum atomic E-state index is 8.18. The van der Waals surface area contributed by atoms with E-state index in [-0.39, 0.29) is 0 Å². The Morgan fingerprint density at radius 3 is 0.114 bits per heavy atom. The third-order valence-corrected chi connectivity index (χ3v) is 125. The lowest BCUT2D eigenvalue weighted by molar-refractivity contribution is 0.219. The molecule has 1 aliphatic heterocycles. The molecule has 684 valence electrons. The van der Waals surface area contributed by atoms with E-state index in [1.807, 2.05) is 0 Å². The first kappa shape index (κ1) is 115. The van der Waals surface area contributed by atoms with Crippen molar-refractivity contribution in [1.29, 1.82) is 0 Å². The first-order chi connectivity index (χ1) is 53.7. The van der Waals surface area contributed by atoms with Crippen molar-refractivity contribution in [1.82, 2.24) is 0 Å². The van der Waals surface area contributed by atoms with E-state index >= 15 is 0 Å². The van der Waals surface area contributed by atoms with Crippen molar-refractivity contribution < 1.29 is 78.2 Å². The SMILES string of the molecule is CC[Si]1(CC)O[Si](CC)(CC)O[Si](CC)(CC)O[Si](CC)(CC)O[Si](CC)(CC)O[Si](CC)(CC)O[Si](CC)(CC)O[Si](CC)(CC)O[Si](CC)(CC)O[Si](CC)(CC)O[Si](CC)(CC)O[Si](CC)(CC)O[Si](CC)(CC)O[Si](CC)(CC)O[Si](CC)(CC)O[Si](CC)(CC)O[Si](CC)(CC)O[Si](CC)(CC)O[Si](CC)(CC)O1. The van der Waals surface area contributed by atoms with E-state index in [0.717, 1.165) is 230 Å². The van der Waals surface area contributed by atoms with Crippen LogP contribution in [0.2, 0.25) is 230 Å².